The van der Waals surface area contributed by atoms with Crippen molar-refractivity contribution in [1.82, 2.24) is 5.32 Å². The molecule has 0 saturated carbocycles. The van der Waals surface area contributed by atoms with E-state index in [0.717, 1.165) is 12.3 Å². The van der Waals surface area contributed by atoms with E-state index < -0.39 is 0 Å². The Morgan fingerprint density at radius 2 is 1.70 bits per heavy atom. The zero-order valence-electron chi connectivity index (χ0n) is 12.2. The van der Waals surface area contributed by atoms with Gasteiger partial charge in [0.2, 0.25) is 0 Å². The molecular formula is C17H21NOS. The molecule has 106 valence electrons. The number of benzene rings is 2. The van der Waals surface area contributed by atoms with Gasteiger partial charge in [0.1, 0.15) is 5.75 Å². The van der Waals surface area contributed by atoms with Gasteiger partial charge < -0.3 is 10.1 Å². The first-order chi connectivity index (χ1) is 9.72. The van der Waals surface area contributed by atoms with Gasteiger partial charge in [-0.1, -0.05) is 24.3 Å². The lowest BCUT2D eigenvalue weighted by atomic mass is 10.1. The monoisotopic (exact) mass is 287 g/mol. The second kappa shape index (κ2) is 7.36. The van der Waals surface area contributed by atoms with Crippen molar-refractivity contribution < 1.29 is 4.74 Å². The minimum atomic E-state index is 0.320. The van der Waals surface area contributed by atoms with Gasteiger partial charge in [-0.05, 0) is 48.6 Å². The zero-order valence-corrected chi connectivity index (χ0v) is 13.0. The Kier molecular flexibility index (Phi) is 5.50. The highest BCUT2D eigenvalue weighted by Crippen LogP contribution is 2.18. The molecule has 0 saturated heterocycles. The van der Waals surface area contributed by atoms with E-state index in [4.69, 9.17) is 4.74 Å². The van der Waals surface area contributed by atoms with Crippen molar-refractivity contribution in [1.29, 1.82) is 0 Å². The standard InChI is InChI=1S/C17H21NOS/c1-13(15-6-8-16(19-2)9-7-15)18-12-14-4-10-17(20-3)11-5-14/h4-11,13,18H,12H2,1-3H3/t13-/m1/s1. The lowest BCUT2D eigenvalue weighted by molar-refractivity contribution is 0.414. The van der Waals surface area contributed by atoms with Crippen molar-refractivity contribution in [3.63, 3.8) is 0 Å². The molecule has 0 radical (unpaired) electrons. The second-order valence-corrected chi connectivity index (χ2v) is 5.60. The number of rotatable bonds is 6. The molecule has 1 N–H and O–H groups in total. The molecule has 0 spiro atoms. The highest BCUT2D eigenvalue weighted by molar-refractivity contribution is 7.98. The maximum absolute atomic E-state index is 5.18. The Labute approximate surface area is 125 Å². The fraction of sp³-hybridized carbons (Fsp3) is 0.294. The molecule has 0 aliphatic rings. The third-order valence-electron chi connectivity index (χ3n) is 3.39. The Hall–Kier alpha value is -1.45. The molecule has 0 heterocycles. The molecule has 3 heteroatoms. The van der Waals surface area contributed by atoms with Crippen LogP contribution in [0, 0.1) is 0 Å². The van der Waals surface area contributed by atoms with Crippen LogP contribution in [-0.4, -0.2) is 13.4 Å². The smallest absolute Gasteiger partial charge is 0.118 e. The highest BCUT2D eigenvalue weighted by atomic mass is 32.2. The van der Waals surface area contributed by atoms with E-state index in [0.29, 0.717) is 6.04 Å². The first kappa shape index (κ1) is 14.9. The van der Waals surface area contributed by atoms with Gasteiger partial charge in [-0.15, -0.1) is 11.8 Å². The van der Waals surface area contributed by atoms with Crippen molar-refractivity contribution in [3.8, 4) is 5.75 Å². The number of hydrogen-bond acceptors (Lipinski definition) is 3. The summed E-state index contributed by atoms with van der Waals surface area (Å²) in [5.74, 6) is 0.897. The average Bonchev–Trinajstić information content (AvgIpc) is 2.53. The van der Waals surface area contributed by atoms with Gasteiger partial charge in [-0.2, -0.15) is 0 Å². The van der Waals surface area contributed by atoms with Crippen LogP contribution in [0.15, 0.2) is 53.4 Å². The van der Waals surface area contributed by atoms with Crippen LogP contribution in [0.5, 0.6) is 5.75 Å². The van der Waals surface area contributed by atoms with E-state index >= 15 is 0 Å². The number of hydrogen-bond donors (Lipinski definition) is 1. The van der Waals surface area contributed by atoms with E-state index in [-0.39, 0.29) is 0 Å². The predicted octanol–water partition coefficient (Wildman–Crippen LogP) is 4.27. The van der Waals surface area contributed by atoms with Crippen LogP contribution < -0.4 is 10.1 Å². The molecule has 2 nitrogen and oxygen atoms in total. The van der Waals surface area contributed by atoms with E-state index in [1.807, 2.05) is 12.1 Å². The molecule has 0 amide bonds. The molecule has 0 aliphatic heterocycles. The van der Waals surface area contributed by atoms with Gasteiger partial charge in [0.15, 0.2) is 0 Å². The lowest BCUT2D eigenvalue weighted by Gasteiger charge is -2.15. The third-order valence-corrected chi connectivity index (χ3v) is 4.13. The van der Waals surface area contributed by atoms with E-state index in [9.17, 15) is 0 Å². The van der Waals surface area contributed by atoms with Gasteiger partial charge in [-0.25, -0.2) is 0 Å². The van der Waals surface area contributed by atoms with Crippen LogP contribution in [0.3, 0.4) is 0 Å². The third kappa shape index (κ3) is 4.02. The zero-order chi connectivity index (χ0) is 14.4. The fourth-order valence-electron chi connectivity index (χ4n) is 2.02. The van der Waals surface area contributed by atoms with Crippen LogP contribution >= 0.6 is 11.8 Å². The molecule has 2 rings (SSSR count). The molecule has 0 aliphatic carbocycles. The average molecular weight is 287 g/mol. The molecule has 0 unspecified atom stereocenters. The maximum Gasteiger partial charge on any atom is 0.118 e. The Bertz CT molecular complexity index is 522. The highest BCUT2D eigenvalue weighted by Gasteiger charge is 2.05. The van der Waals surface area contributed by atoms with Gasteiger partial charge in [-0.3, -0.25) is 0 Å². The SMILES string of the molecule is COc1ccc([C@@H](C)NCc2ccc(SC)cc2)cc1. The Morgan fingerprint density at radius 1 is 1.05 bits per heavy atom. The maximum atomic E-state index is 5.18. The van der Waals surface area contributed by atoms with Crippen LogP contribution in [-0.2, 0) is 6.54 Å². The number of methoxy groups -OCH3 is 1. The second-order valence-electron chi connectivity index (χ2n) is 4.72. The number of thioether (sulfide) groups is 1. The van der Waals surface area contributed by atoms with E-state index in [2.05, 4.69) is 54.9 Å². The van der Waals surface area contributed by atoms with Crippen molar-refractivity contribution in [2.75, 3.05) is 13.4 Å². The van der Waals surface area contributed by atoms with E-state index in [1.54, 1.807) is 18.9 Å². The van der Waals surface area contributed by atoms with Crippen molar-refractivity contribution in [2.24, 2.45) is 0 Å². The Balaban J connectivity index is 1.91. The molecule has 2 aromatic carbocycles. The topological polar surface area (TPSA) is 21.3 Å². The fourth-order valence-corrected chi connectivity index (χ4v) is 2.43. The van der Waals surface area contributed by atoms with Crippen molar-refractivity contribution in [2.45, 2.75) is 24.4 Å². The van der Waals surface area contributed by atoms with Crippen LogP contribution in [0.4, 0.5) is 0 Å². The van der Waals surface area contributed by atoms with E-state index in [1.165, 1.54) is 16.0 Å². The quantitative estimate of drug-likeness (QED) is 0.802. The molecule has 0 aromatic heterocycles. The van der Waals surface area contributed by atoms with Gasteiger partial charge in [0.25, 0.3) is 0 Å². The molecule has 1 atom stereocenters. The minimum absolute atomic E-state index is 0.320. The predicted molar refractivity (Wildman–Crippen MR) is 86.5 cm³/mol. The Morgan fingerprint density at radius 3 is 2.25 bits per heavy atom. The van der Waals surface area contributed by atoms with Crippen molar-refractivity contribution >= 4 is 11.8 Å². The molecule has 2 aromatic rings. The summed E-state index contributed by atoms with van der Waals surface area (Å²) < 4.78 is 5.18. The van der Waals surface area contributed by atoms with Gasteiger partial charge in [0, 0.05) is 17.5 Å². The van der Waals surface area contributed by atoms with Crippen LogP contribution in [0.2, 0.25) is 0 Å². The summed E-state index contributed by atoms with van der Waals surface area (Å²) in [4.78, 5) is 1.30. The number of ether oxygens (including phenoxy) is 1. The first-order valence-corrected chi connectivity index (χ1v) is 7.95. The number of nitrogens with one attached hydrogen (secondary N) is 1. The largest absolute Gasteiger partial charge is 0.497 e. The summed E-state index contributed by atoms with van der Waals surface area (Å²) in [5, 5.41) is 3.54. The molecule has 20 heavy (non-hydrogen) atoms. The summed E-state index contributed by atoms with van der Waals surface area (Å²) >= 11 is 1.77. The lowest BCUT2D eigenvalue weighted by Crippen LogP contribution is -2.17. The molecular weight excluding hydrogens is 266 g/mol. The summed E-state index contributed by atoms with van der Waals surface area (Å²) in [6.45, 7) is 3.06. The molecule has 0 bridgehead atoms. The van der Waals surface area contributed by atoms with Crippen LogP contribution in [0.25, 0.3) is 0 Å². The normalized spacial score (nSPS) is 12.2. The van der Waals surface area contributed by atoms with Crippen LogP contribution in [0.1, 0.15) is 24.1 Å². The summed E-state index contributed by atoms with van der Waals surface area (Å²) in [6, 6.07) is 17.2. The summed E-state index contributed by atoms with van der Waals surface area (Å²) in [6.07, 6.45) is 2.10. The van der Waals surface area contributed by atoms with Gasteiger partial charge >= 0.3 is 0 Å². The van der Waals surface area contributed by atoms with Crippen molar-refractivity contribution in [3.05, 3.63) is 59.7 Å². The summed E-state index contributed by atoms with van der Waals surface area (Å²) in [7, 11) is 1.69. The minimum Gasteiger partial charge on any atom is -0.497 e. The first-order valence-electron chi connectivity index (χ1n) is 6.73. The van der Waals surface area contributed by atoms with Gasteiger partial charge in [0.05, 0.1) is 7.11 Å². The summed E-state index contributed by atoms with van der Waals surface area (Å²) in [5.41, 5.74) is 2.58. The molecule has 0 fully saturated rings.